The summed E-state index contributed by atoms with van der Waals surface area (Å²) < 4.78 is 11.1. The van der Waals surface area contributed by atoms with E-state index in [-0.39, 0.29) is 12.0 Å². The quantitative estimate of drug-likeness (QED) is 0.697. The van der Waals surface area contributed by atoms with Crippen molar-refractivity contribution in [2.24, 2.45) is 0 Å². The second-order valence-corrected chi connectivity index (χ2v) is 8.52. The number of carbonyl (C=O) groups is 1. The second-order valence-electron chi connectivity index (χ2n) is 8.08. The van der Waals surface area contributed by atoms with Gasteiger partial charge >= 0.3 is 0 Å². The number of ether oxygens (including phenoxy) is 1. The highest BCUT2D eigenvalue weighted by molar-refractivity contribution is 6.31. The molecule has 0 N–H and O–H groups in total. The van der Waals surface area contributed by atoms with Crippen molar-refractivity contribution in [3.63, 3.8) is 0 Å². The van der Waals surface area contributed by atoms with Crippen LogP contribution in [0.5, 0.6) is 5.75 Å². The lowest BCUT2D eigenvalue weighted by molar-refractivity contribution is 0.0708. The molecule has 1 aromatic carbocycles. The first-order chi connectivity index (χ1) is 14.1. The van der Waals surface area contributed by atoms with Crippen molar-refractivity contribution in [2.75, 3.05) is 20.1 Å². The summed E-state index contributed by atoms with van der Waals surface area (Å²) in [6, 6.07) is 7.78. The Bertz CT molecular complexity index is 813. The van der Waals surface area contributed by atoms with Gasteiger partial charge < -0.3 is 19.1 Å². The largest absolute Gasteiger partial charge is 0.489 e. The maximum absolute atomic E-state index is 13.0. The van der Waals surface area contributed by atoms with E-state index in [1.54, 1.807) is 30.1 Å². The zero-order chi connectivity index (χ0) is 20.2. The number of nitrogens with zero attached hydrogens (tertiary/aromatic N) is 3. The summed E-state index contributed by atoms with van der Waals surface area (Å²) >= 11 is 6.18. The average molecular weight is 418 g/mol. The molecule has 1 saturated carbocycles. The first kappa shape index (κ1) is 20.2. The summed E-state index contributed by atoms with van der Waals surface area (Å²) in [6.07, 6.45) is 8.99. The lowest BCUT2D eigenvalue weighted by Crippen LogP contribution is -2.43. The van der Waals surface area contributed by atoms with E-state index < -0.39 is 0 Å². The molecular formula is C22H28ClN3O3. The van der Waals surface area contributed by atoms with Gasteiger partial charge in [-0.3, -0.25) is 4.79 Å². The van der Waals surface area contributed by atoms with E-state index >= 15 is 0 Å². The van der Waals surface area contributed by atoms with E-state index in [1.807, 2.05) is 6.07 Å². The molecule has 1 aliphatic heterocycles. The number of aromatic nitrogens is 1. The van der Waals surface area contributed by atoms with Crippen LogP contribution in [0.3, 0.4) is 0 Å². The van der Waals surface area contributed by atoms with Crippen molar-refractivity contribution in [3.8, 4) is 5.75 Å². The smallest absolute Gasteiger partial charge is 0.257 e. The first-order valence-electron chi connectivity index (χ1n) is 10.4. The van der Waals surface area contributed by atoms with E-state index in [1.165, 1.54) is 31.9 Å². The van der Waals surface area contributed by atoms with Crippen LogP contribution < -0.4 is 4.74 Å². The molecule has 156 valence electrons. The molecule has 7 heteroatoms. The van der Waals surface area contributed by atoms with Crippen LogP contribution in [0.4, 0.5) is 0 Å². The Morgan fingerprint density at radius 1 is 1.24 bits per heavy atom. The van der Waals surface area contributed by atoms with E-state index in [0.29, 0.717) is 28.6 Å². The number of rotatable bonds is 6. The standard InChI is InChI=1S/C22H28ClN3O3/c1-25(15-17-10-13-28-24-17)22(27)20-14-16(23)6-7-21(20)29-19-8-11-26(12-9-19)18-4-2-3-5-18/h6-7,10,13-14,18-19H,2-5,8-9,11-12,15H2,1H3. The third-order valence-electron chi connectivity index (χ3n) is 6.02. The van der Waals surface area contributed by atoms with Gasteiger partial charge in [0.1, 0.15) is 23.8 Å². The third-order valence-corrected chi connectivity index (χ3v) is 6.26. The van der Waals surface area contributed by atoms with Gasteiger partial charge in [0.15, 0.2) is 0 Å². The SMILES string of the molecule is CN(Cc1ccon1)C(=O)c1cc(Cl)ccc1OC1CCN(C2CCCC2)CC1. The van der Waals surface area contributed by atoms with Crippen molar-refractivity contribution >= 4 is 17.5 Å². The number of piperidine rings is 1. The Hall–Kier alpha value is -2.05. The van der Waals surface area contributed by atoms with Gasteiger partial charge in [-0.1, -0.05) is 29.6 Å². The highest BCUT2D eigenvalue weighted by Gasteiger charge is 2.29. The van der Waals surface area contributed by atoms with E-state index in [4.69, 9.17) is 20.9 Å². The van der Waals surface area contributed by atoms with Gasteiger partial charge in [-0.25, -0.2) is 0 Å². The topological polar surface area (TPSA) is 58.8 Å². The summed E-state index contributed by atoms with van der Waals surface area (Å²) in [7, 11) is 1.74. The van der Waals surface area contributed by atoms with Gasteiger partial charge in [0.25, 0.3) is 5.91 Å². The van der Waals surface area contributed by atoms with Gasteiger partial charge in [0, 0.05) is 37.3 Å². The predicted molar refractivity (Wildman–Crippen MR) is 111 cm³/mol. The number of carbonyl (C=O) groups excluding carboxylic acids is 1. The molecule has 1 aromatic heterocycles. The fraction of sp³-hybridized carbons (Fsp3) is 0.545. The number of halogens is 1. The molecule has 0 unspecified atom stereocenters. The monoisotopic (exact) mass is 417 g/mol. The Kier molecular flexibility index (Phi) is 6.40. The molecular weight excluding hydrogens is 390 g/mol. The second kappa shape index (κ2) is 9.18. The summed E-state index contributed by atoms with van der Waals surface area (Å²) in [6.45, 7) is 2.50. The molecule has 2 heterocycles. The van der Waals surface area contributed by atoms with Gasteiger partial charge in [-0.05, 0) is 43.9 Å². The molecule has 0 spiro atoms. The first-order valence-corrected chi connectivity index (χ1v) is 10.8. The van der Waals surface area contributed by atoms with Crippen molar-refractivity contribution in [2.45, 2.75) is 57.2 Å². The molecule has 2 aromatic rings. The van der Waals surface area contributed by atoms with Crippen LogP contribution >= 0.6 is 11.6 Å². The normalized spacial score (nSPS) is 18.8. The Balaban J connectivity index is 1.41. The lowest BCUT2D eigenvalue weighted by atomic mass is 10.0. The van der Waals surface area contributed by atoms with Crippen LogP contribution in [0.25, 0.3) is 0 Å². The zero-order valence-corrected chi connectivity index (χ0v) is 17.6. The molecule has 29 heavy (non-hydrogen) atoms. The van der Waals surface area contributed by atoms with Crippen molar-refractivity contribution < 1.29 is 14.1 Å². The highest BCUT2D eigenvalue weighted by atomic mass is 35.5. The summed E-state index contributed by atoms with van der Waals surface area (Å²) in [4.78, 5) is 17.2. The van der Waals surface area contributed by atoms with Crippen LogP contribution in [0.1, 0.15) is 54.6 Å². The molecule has 6 nitrogen and oxygen atoms in total. The average Bonchev–Trinajstić information content (AvgIpc) is 3.43. The number of benzene rings is 1. The number of hydrogen-bond acceptors (Lipinski definition) is 5. The minimum absolute atomic E-state index is 0.126. The van der Waals surface area contributed by atoms with Crippen molar-refractivity contribution in [1.29, 1.82) is 0 Å². The highest BCUT2D eigenvalue weighted by Crippen LogP contribution is 2.30. The van der Waals surface area contributed by atoms with Gasteiger partial charge in [-0.15, -0.1) is 0 Å². The third kappa shape index (κ3) is 4.93. The number of likely N-dealkylation sites (tertiary alicyclic amines) is 1. The molecule has 1 aliphatic carbocycles. The lowest BCUT2D eigenvalue weighted by Gasteiger charge is -2.36. The minimum atomic E-state index is -0.145. The Morgan fingerprint density at radius 2 is 2.00 bits per heavy atom. The van der Waals surface area contributed by atoms with Gasteiger partial charge in [0.05, 0.1) is 12.1 Å². The van der Waals surface area contributed by atoms with Crippen LogP contribution in [-0.2, 0) is 6.54 Å². The fourth-order valence-corrected chi connectivity index (χ4v) is 4.59. The molecule has 0 bridgehead atoms. The van der Waals surface area contributed by atoms with E-state index in [9.17, 15) is 4.79 Å². The molecule has 1 saturated heterocycles. The summed E-state index contributed by atoms with van der Waals surface area (Å²) in [5, 5.41) is 4.39. The van der Waals surface area contributed by atoms with E-state index in [0.717, 1.165) is 32.0 Å². The number of hydrogen-bond donors (Lipinski definition) is 0. The van der Waals surface area contributed by atoms with Crippen LogP contribution in [0, 0.1) is 0 Å². The molecule has 4 rings (SSSR count). The molecule has 2 fully saturated rings. The van der Waals surface area contributed by atoms with Crippen LogP contribution in [0.15, 0.2) is 35.1 Å². The van der Waals surface area contributed by atoms with Crippen LogP contribution in [-0.4, -0.2) is 53.1 Å². The Morgan fingerprint density at radius 3 is 2.69 bits per heavy atom. The summed E-state index contributed by atoms with van der Waals surface area (Å²) in [5.41, 5.74) is 1.19. The molecule has 1 amide bonds. The van der Waals surface area contributed by atoms with Gasteiger partial charge in [0.2, 0.25) is 0 Å². The molecule has 0 atom stereocenters. The fourth-order valence-electron chi connectivity index (χ4n) is 4.42. The molecule has 0 radical (unpaired) electrons. The minimum Gasteiger partial charge on any atom is -0.489 e. The molecule has 2 aliphatic rings. The van der Waals surface area contributed by atoms with Crippen molar-refractivity contribution in [1.82, 2.24) is 15.0 Å². The number of amides is 1. The predicted octanol–water partition coefficient (Wildman–Crippen LogP) is 4.39. The van der Waals surface area contributed by atoms with Gasteiger partial charge in [-0.2, -0.15) is 0 Å². The van der Waals surface area contributed by atoms with E-state index in [2.05, 4.69) is 10.1 Å². The Labute approximate surface area is 176 Å². The maximum atomic E-state index is 13.0. The zero-order valence-electron chi connectivity index (χ0n) is 16.8. The summed E-state index contributed by atoms with van der Waals surface area (Å²) in [5.74, 6) is 0.458. The van der Waals surface area contributed by atoms with Crippen LogP contribution in [0.2, 0.25) is 5.02 Å². The van der Waals surface area contributed by atoms with Crippen molar-refractivity contribution in [3.05, 3.63) is 46.8 Å². The maximum Gasteiger partial charge on any atom is 0.257 e.